The molecule has 4 nitrogen and oxygen atoms in total. The molecule has 2 fully saturated rings. The summed E-state index contributed by atoms with van der Waals surface area (Å²) in [6.07, 6.45) is 2.06. The predicted octanol–water partition coefficient (Wildman–Crippen LogP) is 2.45. The predicted molar refractivity (Wildman–Crippen MR) is 85.9 cm³/mol. The lowest BCUT2D eigenvalue weighted by atomic mass is 9.98. The molecule has 0 spiro atoms. The largest absolute Gasteiger partial charge is 0.336 e. The molecule has 2 aliphatic rings. The van der Waals surface area contributed by atoms with Crippen LogP contribution in [0.25, 0.3) is 0 Å². The second-order valence-electron chi connectivity index (χ2n) is 6.71. The SMILES string of the molecule is Cc1cc(C)c(C(=O)N2C[C@H]3CCCN3C(=O)[C@@H]2C)cc1C. The number of fused-ring (bicyclic) bond motifs is 1. The highest BCUT2D eigenvalue weighted by Gasteiger charge is 2.42. The van der Waals surface area contributed by atoms with Gasteiger partial charge in [0.2, 0.25) is 5.91 Å². The van der Waals surface area contributed by atoms with Crippen LogP contribution in [0.3, 0.4) is 0 Å². The molecule has 0 aromatic heterocycles. The van der Waals surface area contributed by atoms with Gasteiger partial charge in [0.05, 0.1) is 0 Å². The molecule has 0 N–H and O–H groups in total. The Kier molecular flexibility index (Phi) is 3.71. The van der Waals surface area contributed by atoms with Gasteiger partial charge < -0.3 is 9.80 Å². The van der Waals surface area contributed by atoms with Crippen LogP contribution in [0.5, 0.6) is 0 Å². The first-order valence-corrected chi connectivity index (χ1v) is 8.09. The van der Waals surface area contributed by atoms with E-state index in [1.807, 2.05) is 31.7 Å². The molecule has 0 aliphatic carbocycles. The molecule has 0 unspecified atom stereocenters. The van der Waals surface area contributed by atoms with Crippen molar-refractivity contribution in [2.45, 2.75) is 52.6 Å². The van der Waals surface area contributed by atoms with E-state index in [-0.39, 0.29) is 23.9 Å². The second-order valence-corrected chi connectivity index (χ2v) is 6.71. The summed E-state index contributed by atoms with van der Waals surface area (Å²) in [5.41, 5.74) is 4.03. The average Bonchev–Trinajstić information content (AvgIpc) is 2.94. The monoisotopic (exact) mass is 300 g/mol. The summed E-state index contributed by atoms with van der Waals surface area (Å²) in [7, 11) is 0. The van der Waals surface area contributed by atoms with Crippen molar-refractivity contribution in [2.24, 2.45) is 0 Å². The van der Waals surface area contributed by atoms with E-state index in [2.05, 4.69) is 13.0 Å². The number of benzene rings is 1. The number of nitrogens with zero attached hydrogens (tertiary/aromatic N) is 2. The zero-order valence-electron chi connectivity index (χ0n) is 13.8. The van der Waals surface area contributed by atoms with Crippen LogP contribution in [0.4, 0.5) is 0 Å². The third-order valence-corrected chi connectivity index (χ3v) is 5.22. The lowest BCUT2D eigenvalue weighted by Crippen LogP contribution is -2.60. The van der Waals surface area contributed by atoms with Gasteiger partial charge in [0.15, 0.2) is 0 Å². The van der Waals surface area contributed by atoms with Crippen molar-refractivity contribution in [2.75, 3.05) is 13.1 Å². The van der Waals surface area contributed by atoms with E-state index < -0.39 is 0 Å². The molecule has 2 aliphatic heterocycles. The minimum Gasteiger partial charge on any atom is -0.336 e. The number of amides is 2. The molecular weight excluding hydrogens is 276 g/mol. The van der Waals surface area contributed by atoms with E-state index in [0.717, 1.165) is 36.1 Å². The van der Waals surface area contributed by atoms with Crippen LogP contribution in [0.2, 0.25) is 0 Å². The summed E-state index contributed by atoms with van der Waals surface area (Å²) < 4.78 is 0. The van der Waals surface area contributed by atoms with Gasteiger partial charge in [0.25, 0.3) is 5.91 Å². The third-order valence-electron chi connectivity index (χ3n) is 5.22. The minimum atomic E-state index is -0.358. The van der Waals surface area contributed by atoms with Crippen molar-refractivity contribution in [3.05, 3.63) is 34.4 Å². The van der Waals surface area contributed by atoms with Gasteiger partial charge in [-0.25, -0.2) is 0 Å². The fourth-order valence-corrected chi connectivity index (χ4v) is 3.68. The normalized spacial score (nSPS) is 24.6. The topological polar surface area (TPSA) is 40.6 Å². The van der Waals surface area contributed by atoms with Crippen molar-refractivity contribution in [1.29, 1.82) is 0 Å². The number of hydrogen-bond acceptors (Lipinski definition) is 2. The Morgan fingerprint density at radius 3 is 2.55 bits per heavy atom. The molecule has 0 saturated carbocycles. The Labute approximate surface area is 132 Å². The van der Waals surface area contributed by atoms with Gasteiger partial charge in [-0.1, -0.05) is 6.07 Å². The molecule has 3 rings (SSSR count). The van der Waals surface area contributed by atoms with Crippen LogP contribution in [0.1, 0.15) is 46.8 Å². The van der Waals surface area contributed by atoms with E-state index in [4.69, 9.17) is 0 Å². The Hall–Kier alpha value is -1.84. The van der Waals surface area contributed by atoms with Gasteiger partial charge in [-0.15, -0.1) is 0 Å². The first-order valence-electron chi connectivity index (χ1n) is 8.09. The average molecular weight is 300 g/mol. The van der Waals surface area contributed by atoms with Crippen LogP contribution in [-0.2, 0) is 4.79 Å². The summed E-state index contributed by atoms with van der Waals surface area (Å²) in [6, 6.07) is 3.87. The zero-order chi connectivity index (χ0) is 16.0. The van der Waals surface area contributed by atoms with Crippen LogP contribution in [0.15, 0.2) is 12.1 Å². The zero-order valence-corrected chi connectivity index (χ0v) is 13.8. The smallest absolute Gasteiger partial charge is 0.254 e. The number of rotatable bonds is 1. The molecule has 0 radical (unpaired) electrons. The highest BCUT2D eigenvalue weighted by atomic mass is 16.2. The number of hydrogen-bond donors (Lipinski definition) is 0. The van der Waals surface area contributed by atoms with Crippen molar-refractivity contribution in [3.8, 4) is 0 Å². The van der Waals surface area contributed by atoms with E-state index in [1.165, 1.54) is 5.56 Å². The molecule has 2 amide bonds. The first-order chi connectivity index (χ1) is 10.4. The molecule has 118 valence electrons. The fourth-order valence-electron chi connectivity index (χ4n) is 3.68. The molecule has 2 atom stereocenters. The molecule has 22 heavy (non-hydrogen) atoms. The molecule has 2 saturated heterocycles. The van der Waals surface area contributed by atoms with E-state index >= 15 is 0 Å². The van der Waals surface area contributed by atoms with Crippen molar-refractivity contribution < 1.29 is 9.59 Å². The maximum atomic E-state index is 13.0. The van der Waals surface area contributed by atoms with Crippen LogP contribution in [0, 0.1) is 20.8 Å². The Bertz CT molecular complexity index is 638. The van der Waals surface area contributed by atoms with Crippen molar-refractivity contribution >= 4 is 11.8 Å². The molecule has 2 heterocycles. The summed E-state index contributed by atoms with van der Waals surface area (Å²) >= 11 is 0. The lowest BCUT2D eigenvalue weighted by molar-refractivity contribution is -0.141. The standard InChI is InChI=1S/C18H24N2O2/c1-11-8-13(3)16(9-12(11)2)18(22)20-10-15-6-5-7-19(15)17(21)14(20)4/h8-9,14-15H,5-7,10H2,1-4H3/t14-,15+/m0/s1. The van der Waals surface area contributed by atoms with Gasteiger partial charge in [0.1, 0.15) is 6.04 Å². The van der Waals surface area contributed by atoms with Gasteiger partial charge in [0, 0.05) is 24.7 Å². The number of piperazine rings is 1. The fraction of sp³-hybridized carbons (Fsp3) is 0.556. The summed E-state index contributed by atoms with van der Waals surface area (Å²) in [6.45, 7) is 9.41. The highest BCUT2D eigenvalue weighted by molar-refractivity contribution is 5.99. The van der Waals surface area contributed by atoms with Crippen LogP contribution >= 0.6 is 0 Å². The van der Waals surface area contributed by atoms with Crippen molar-refractivity contribution in [1.82, 2.24) is 9.80 Å². The Morgan fingerprint density at radius 1 is 1.14 bits per heavy atom. The number of aryl methyl sites for hydroxylation is 3. The van der Waals surface area contributed by atoms with E-state index in [9.17, 15) is 9.59 Å². The molecular formula is C18H24N2O2. The summed E-state index contributed by atoms with van der Waals surface area (Å²) in [4.78, 5) is 29.2. The quantitative estimate of drug-likeness (QED) is 0.799. The summed E-state index contributed by atoms with van der Waals surface area (Å²) in [5.74, 6) is 0.0941. The maximum absolute atomic E-state index is 13.0. The maximum Gasteiger partial charge on any atom is 0.254 e. The van der Waals surface area contributed by atoms with Gasteiger partial charge >= 0.3 is 0 Å². The lowest BCUT2D eigenvalue weighted by Gasteiger charge is -2.41. The molecule has 1 aromatic carbocycles. The van der Waals surface area contributed by atoms with Gasteiger partial charge in [-0.05, 0) is 63.3 Å². The second kappa shape index (κ2) is 5.41. The van der Waals surface area contributed by atoms with Gasteiger partial charge in [-0.3, -0.25) is 9.59 Å². The number of carbonyl (C=O) groups excluding carboxylic acids is 2. The minimum absolute atomic E-state index is 0.00648. The van der Waals surface area contributed by atoms with Crippen LogP contribution < -0.4 is 0 Å². The Balaban J connectivity index is 1.91. The molecule has 4 heteroatoms. The van der Waals surface area contributed by atoms with Gasteiger partial charge in [-0.2, -0.15) is 0 Å². The van der Waals surface area contributed by atoms with E-state index in [0.29, 0.717) is 6.54 Å². The molecule has 0 bridgehead atoms. The highest BCUT2D eigenvalue weighted by Crippen LogP contribution is 2.27. The van der Waals surface area contributed by atoms with Crippen LogP contribution in [-0.4, -0.2) is 46.8 Å². The Morgan fingerprint density at radius 2 is 1.82 bits per heavy atom. The van der Waals surface area contributed by atoms with E-state index in [1.54, 1.807) is 4.90 Å². The van der Waals surface area contributed by atoms with Crippen molar-refractivity contribution in [3.63, 3.8) is 0 Å². The molecule has 1 aromatic rings. The summed E-state index contributed by atoms with van der Waals surface area (Å²) in [5, 5.41) is 0. The number of carbonyl (C=O) groups is 2. The third kappa shape index (κ3) is 2.31. The first kappa shape index (κ1) is 15.1.